The first kappa shape index (κ1) is 14.0. The average Bonchev–Trinajstić information content (AvgIpc) is 2.76. The zero-order chi connectivity index (χ0) is 12.7. The summed E-state index contributed by atoms with van der Waals surface area (Å²) < 4.78 is 6.47. The second-order valence-corrected chi connectivity index (χ2v) is 4.79. The van der Waals surface area contributed by atoms with Crippen LogP contribution in [0.25, 0.3) is 0 Å². The molecule has 7 heteroatoms. The Balaban J connectivity index is 2.35. The summed E-state index contributed by atoms with van der Waals surface area (Å²) in [5.74, 6) is 2.01. The molecule has 0 saturated carbocycles. The Kier molecular flexibility index (Phi) is 5.96. The molecule has 0 spiro atoms. The number of nitrogens with zero attached hydrogens (tertiary/aromatic N) is 4. The van der Waals surface area contributed by atoms with E-state index in [4.69, 9.17) is 0 Å². The number of thioether (sulfide) groups is 1. The van der Waals surface area contributed by atoms with E-state index in [1.165, 1.54) is 7.11 Å². The lowest BCUT2D eigenvalue weighted by atomic mass is 10.2. The van der Waals surface area contributed by atoms with Crippen LogP contribution in [0.5, 0.6) is 0 Å². The third kappa shape index (κ3) is 4.33. The summed E-state index contributed by atoms with van der Waals surface area (Å²) in [6.07, 6.45) is 1.00. The Bertz CT molecular complexity index is 356. The van der Waals surface area contributed by atoms with Gasteiger partial charge in [-0.1, -0.05) is 13.8 Å². The topological polar surface area (TPSA) is 69.9 Å². The lowest BCUT2D eigenvalue weighted by Gasteiger charge is -2.08. The molecular formula is C10H18N4O2S. The predicted octanol–water partition coefficient (Wildman–Crippen LogP) is 1.13. The van der Waals surface area contributed by atoms with Crippen LogP contribution in [0.1, 0.15) is 26.1 Å². The van der Waals surface area contributed by atoms with E-state index in [9.17, 15) is 4.79 Å². The maximum absolute atomic E-state index is 11.2. The predicted molar refractivity (Wildman–Crippen MR) is 65.5 cm³/mol. The summed E-state index contributed by atoms with van der Waals surface area (Å²) in [7, 11) is 1.41. The summed E-state index contributed by atoms with van der Waals surface area (Å²) >= 11 is 1.64. The number of ether oxygens (including phenoxy) is 1. The van der Waals surface area contributed by atoms with Crippen molar-refractivity contribution in [3.63, 3.8) is 0 Å². The van der Waals surface area contributed by atoms with E-state index in [-0.39, 0.29) is 11.9 Å². The van der Waals surface area contributed by atoms with Crippen LogP contribution in [0, 0.1) is 5.92 Å². The minimum Gasteiger partial charge on any atom is -0.469 e. The molecule has 6 nitrogen and oxygen atoms in total. The highest BCUT2D eigenvalue weighted by Crippen LogP contribution is 2.14. The van der Waals surface area contributed by atoms with Gasteiger partial charge in [-0.3, -0.25) is 4.79 Å². The van der Waals surface area contributed by atoms with Crippen molar-refractivity contribution in [3.8, 4) is 0 Å². The number of carbonyl (C=O) groups is 1. The summed E-state index contributed by atoms with van der Waals surface area (Å²) in [5.41, 5.74) is 0. The second-order valence-electron chi connectivity index (χ2n) is 3.76. The van der Waals surface area contributed by atoms with Gasteiger partial charge in [0, 0.05) is 12.3 Å². The number of rotatable bonds is 7. The molecule has 0 aliphatic heterocycles. The minimum absolute atomic E-state index is 0.0968. The smallest absolute Gasteiger partial charge is 0.309 e. The molecule has 0 saturated heterocycles. The van der Waals surface area contributed by atoms with Crippen LogP contribution in [0.3, 0.4) is 0 Å². The van der Waals surface area contributed by atoms with Crippen LogP contribution in [0.15, 0.2) is 0 Å². The van der Waals surface area contributed by atoms with Gasteiger partial charge in [0.25, 0.3) is 0 Å². The van der Waals surface area contributed by atoms with Crippen LogP contribution in [-0.2, 0) is 21.8 Å². The van der Waals surface area contributed by atoms with E-state index in [0.29, 0.717) is 11.5 Å². The Hall–Kier alpha value is -1.11. The fourth-order valence-electron chi connectivity index (χ4n) is 1.31. The van der Waals surface area contributed by atoms with E-state index in [2.05, 4.69) is 27.2 Å². The molecule has 1 aromatic heterocycles. The maximum atomic E-state index is 11.2. The van der Waals surface area contributed by atoms with Crippen molar-refractivity contribution in [1.29, 1.82) is 0 Å². The number of methoxy groups -OCH3 is 1. The fraction of sp³-hybridized carbons (Fsp3) is 0.800. The van der Waals surface area contributed by atoms with Crippen molar-refractivity contribution in [3.05, 3.63) is 5.82 Å². The SMILES string of the molecule is CCCn1nnnc1CSCC(C)C(=O)OC. The largest absolute Gasteiger partial charge is 0.469 e. The van der Waals surface area contributed by atoms with Gasteiger partial charge in [-0.2, -0.15) is 11.8 Å². The first-order valence-corrected chi connectivity index (χ1v) is 6.75. The molecule has 1 unspecified atom stereocenters. The standard InChI is InChI=1S/C10H18N4O2S/c1-4-5-14-9(11-12-13-14)7-17-6-8(2)10(15)16-3/h8H,4-7H2,1-3H3. The van der Waals surface area contributed by atoms with Gasteiger partial charge < -0.3 is 4.74 Å². The van der Waals surface area contributed by atoms with Gasteiger partial charge >= 0.3 is 5.97 Å². The van der Waals surface area contributed by atoms with Crippen molar-refractivity contribution in [1.82, 2.24) is 20.2 Å². The lowest BCUT2D eigenvalue weighted by Crippen LogP contribution is -2.15. The van der Waals surface area contributed by atoms with Crippen LogP contribution >= 0.6 is 11.8 Å². The number of carbonyl (C=O) groups excluding carboxylic acids is 1. The van der Waals surface area contributed by atoms with Crippen molar-refractivity contribution in [2.75, 3.05) is 12.9 Å². The molecule has 0 amide bonds. The summed E-state index contributed by atoms with van der Waals surface area (Å²) in [6, 6.07) is 0. The number of aryl methyl sites for hydroxylation is 1. The van der Waals surface area contributed by atoms with Crippen LogP contribution in [0.4, 0.5) is 0 Å². The van der Waals surface area contributed by atoms with Crippen LogP contribution in [-0.4, -0.2) is 39.0 Å². The first-order chi connectivity index (χ1) is 8.19. The molecule has 1 atom stereocenters. The van der Waals surface area contributed by atoms with Gasteiger partial charge in [-0.15, -0.1) is 5.10 Å². The molecule has 17 heavy (non-hydrogen) atoms. The molecule has 1 heterocycles. The van der Waals surface area contributed by atoms with E-state index in [1.807, 2.05) is 6.92 Å². The second kappa shape index (κ2) is 7.26. The molecule has 0 N–H and O–H groups in total. The third-order valence-electron chi connectivity index (χ3n) is 2.24. The normalized spacial score (nSPS) is 12.4. The molecule has 0 fully saturated rings. The van der Waals surface area contributed by atoms with E-state index in [1.54, 1.807) is 16.4 Å². The lowest BCUT2D eigenvalue weighted by molar-refractivity contribution is -0.143. The van der Waals surface area contributed by atoms with Gasteiger partial charge in [0.2, 0.25) is 0 Å². The fourth-order valence-corrected chi connectivity index (χ4v) is 2.31. The molecule has 1 aromatic rings. The molecular weight excluding hydrogens is 240 g/mol. The van der Waals surface area contributed by atoms with E-state index in [0.717, 1.165) is 18.8 Å². The zero-order valence-corrected chi connectivity index (χ0v) is 11.2. The molecule has 0 aromatic carbocycles. The minimum atomic E-state index is -0.175. The highest BCUT2D eigenvalue weighted by atomic mass is 32.2. The van der Waals surface area contributed by atoms with Crippen LogP contribution in [0.2, 0.25) is 0 Å². The van der Waals surface area contributed by atoms with Crippen LogP contribution < -0.4 is 0 Å². The number of esters is 1. The van der Waals surface area contributed by atoms with Crippen molar-refractivity contribution >= 4 is 17.7 Å². The molecule has 0 aliphatic rings. The highest BCUT2D eigenvalue weighted by molar-refractivity contribution is 7.98. The molecule has 0 radical (unpaired) electrons. The Morgan fingerprint density at radius 1 is 1.59 bits per heavy atom. The van der Waals surface area contributed by atoms with E-state index >= 15 is 0 Å². The third-order valence-corrected chi connectivity index (χ3v) is 3.44. The van der Waals surface area contributed by atoms with Crippen molar-refractivity contribution in [2.45, 2.75) is 32.6 Å². The number of hydrogen-bond donors (Lipinski definition) is 0. The summed E-state index contributed by atoms with van der Waals surface area (Å²) in [6.45, 7) is 4.77. The molecule has 0 aliphatic carbocycles. The van der Waals surface area contributed by atoms with Gasteiger partial charge in [-0.05, 0) is 16.8 Å². The van der Waals surface area contributed by atoms with Gasteiger partial charge in [0.1, 0.15) is 0 Å². The Morgan fingerprint density at radius 2 is 2.35 bits per heavy atom. The quantitative estimate of drug-likeness (QED) is 0.683. The zero-order valence-electron chi connectivity index (χ0n) is 10.4. The number of aromatic nitrogens is 4. The number of tetrazole rings is 1. The average molecular weight is 258 g/mol. The summed E-state index contributed by atoms with van der Waals surface area (Å²) in [4.78, 5) is 11.2. The Morgan fingerprint density at radius 3 is 3.00 bits per heavy atom. The maximum Gasteiger partial charge on any atom is 0.309 e. The van der Waals surface area contributed by atoms with Gasteiger partial charge in [0.05, 0.1) is 18.8 Å². The van der Waals surface area contributed by atoms with E-state index < -0.39 is 0 Å². The van der Waals surface area contributed by atoms with Crippen molar-refractivity contribution in [2.24, 2.45) is 5.92 Å². The van der Waals surface area contributed by atoms with Gasteiger partial charge in [0.15, 0.2) is 5.82 Å². The number of hydrogen-bond acceptors (Lipinski definition) is 6. The Labute approximate surface area is 105 Å². The monoisotopic (exact) mass is 258 g/mol. The first-order valence-electron chi connectivity index (χ1n) is 5.59. The molecule has 1 rings (SSSR count). The molecule has 0 bridgehead atoms. The highest BCUT2D eigenvalue weighted by Gasteiger charge is 2.13. The molecule has 96 valence electrons. The van der Waals surface area contributed by atoms with Gasteiger partial charge in [-0.25, -0.2) is 4.68 Å². The summed E-state index contributed by atoms with van der Waals surface area (Å²) in [5, 5.41) is 11.5. The van der Waals surface area contributed by atoms with Crippen molar-refractivity contribution < 1.29 is 9.53 Å².